The number of hydrogen-bond acceptors (Lipinski definition) is 4. The van der Waals surface area contributed by atoms with Crippen LogP contribution in [0.3, 0.4) is 0 Å². The first-order chi connectivity index (χ1) is 9.05. The molecule has 0 atom stereocenters. The zero-order chi connectivity index (χ0) is 13.5. The molecule has 0 bridgehead atoms. The van der Waals surface area contributed by atoms with Gasteiger partial charge in [-0.3, -0.25) is 9.38 Å². The lowest BCUT2D eigenvalue weighted by Gasteiger charge is -2.08. The third-order valence-corrected chi connectivity index (χ3v) is 3.98. The molecule has 0 N–H and O–H groups in total. The summed E-state index contributed by atoms with van der Waals surface area (Å²) in [6.07, 6.45) is 7.98. The van der Waals surface area contributed by atoms with Crippen molar-refractivity contribution >= 4 is 15.5 Å². The Morgan fingerprint density at radius 3 is 2.53 bits per heavy atom. The maximum Gasteiger partial charge on any atom is 0.175 e. The van der Waals surface area contributed by atoms with E-state index >= 15 is 0 Å². The van der Waals surface area contributed by atoms with Gasteiger partial charge < -0.3 is 0 Å². The van der Waals surface area contributed by atoms with E-state index < -0.39 is 9.84 Å². The molecule has 0 amide bonds. The van der Waals surface area contributed by atoms with E-state index in [1.165, 1.54) is 6.26 Å². The highest BCUT2D eigenvalue weighted by molar-refractivity contribution is 7.90. The number of nitrogens with zero attached hydrogens (tertiary/aromatic N) is 3. The summed E-state index contributed by atoms with van der Waals surface area (Å²) in [5.74, 6) is 0. The molecule has 3 aromatic heterocycles. The standard InChI is InChI=1S/C13H11N3O2S/c1-19(17,18)11-8-12(10-2-4-14-5-3-10)16-7-6-15-13(16)9-11/h2-9H,1H3. The van der Waals surface area contributed by atoms with Gasteiger partial charge in [-0.2, -0.15) is 0 Å². The van der Waals surface area contributed by atoms with Crippen LogP contribution in [0.25, 0.3) is 16.9 Å². The summed E-state index contributed by atoms with van der Waals surface area (Å²) < 4.78 is 25.3. The Balaban J connectivity index is 2.37. The maximum atomic E-state index is 11.7. The average Bonchev–Trinajstić information content (AvgIpc) is 2.85. The minimum atomic E-state index is -3.27. The minimum absolute atomic E-state index is 0.262. The maximum absolute atomic E-state index is 11.7. The van der Waals surface area contributed by atoms with E-state index in [2.05, 4.69) is 9.97 Å². The van der Waals surface area contributed by atoms with Gasteiger partial charge in [0.1, 0.15) is 5.65 Å². The fourth-order valence-corrected chi connectivity index (χ4v) is 2.60. The largest absolute Gasteiger partial charge is 0.300 e. The van der Waals surface area contributed by atoms with Crippen LogP contribution >= 0.6 is 0 Å². The molecule has 0 unspecified atom stereocenters. The van der Waals surface area contributed by atoms with Crippen LogP contribution in [-0.2, 0) is 9.84 Å². The molecule has 0 fully saturated rings. The number of imidazole rings is 1. The number of rotatable bonds is 2. The lowest BCUT2D eigenvalue weighted by molar-refractivity contribution is 0.602. The van der Waals surface area contributed by atoms with Crippen molar-refractivity contribution < 1.29 is 8.42 Å². The van der Waals surface area contributed by atoms with E-state index in [4.69, 9.17) is 0 Å². The van der Waals surface area contributed by atoms with Crippen molar-refractivity contribution in [2.75, 3.05) is 6.26 Å². The molecule has 0 radical (unpaired) electrons. The van der Waals surface area contributed by atoms with Crippen LogP contribution in [0.2, 0.25) is 0 Å². The zero-order valence-electron chi connectivity index (χ0n) is 10.2. The smallest absolute Gasteiger partial charge is 0.175 e. The van der Waals surface area contributed by atoms with Crippen LogP contribution in [0, 0.1) is 0 Å². The van der Waals surface area contributed by atoms with Crippen LogP contribution in [0.4, 0.5) is 0 Å². The molecule has 3 aromatic rings. The molecular formula is C13H11N3O2S. The first-order valence-corrected chi connectivity index (χ1v) is 7.52. The van der Waals surface area contributed by atoms with E-state index in [1.807, 2.05) is 16.5 Å². The third kappa shape index (κ3) is 2.10. The second-order valence-corrected chi connectivity index (χ2v) is 6.26. The Hall–Kier alpha value is -2.21. The second kappa shape index (κ2) is 4.17. The van der Waals surface area contributed by atoms with Crippen molar-refractivity contribution in [3.8, 4) is 11.3 Å². The van der Waals surface area contributed by atoms with E-state index in [1.54, 1.807) is 36.9 Å². The van der Waals surface area contributed by atoms with Crippen molar-refractivity contribution in [3.05, 3.63) is 49.1 Å². The second-order valence-electron chi connectivity index (χ2n) is 4.24. The Kier molecular flexibility index (Phi) is 2.60. The molecule has 19 heavy (non-hydrogen) atoms. The van der Waals surface area contributed by atoms with Crippen molar-refractivity contribution in [2.24, 2.45) is 0 Å². The molecule has 0 aliphatic rings. The van der Waals surface area contributed by atoms with E-state index in [-0.39, 0.29) is 4.90 Å². The number of pyridine rings is 2. The molecular weight excluding hydrogens is 262 g/mol. The SMILES string of the molecule is CS(=O)(=O)c1cc(-c2ccncc2)n2ccnc2c1. The topological polar surface area (TPSA) is 64.3 Å². The molecule has 3 rings (SSSR count). The first-order valence-electron chi connectivity index (χ1n) is 5.63. The van der Waals surface area contributed by atoms with Gasteiger partial charge in [0, 0.05) is 42.7 Å². The number of fused-ring (bicyclic) bond motifs is 1. The highest BCUT2D eigenvalue weighted by Gasteiger charge is 2.13. The fraction of sp³-hybridized carbons (Fsp3) is 0.0769. The summed E-state index contributed by atoms with van der Waals surface area (Å²) in [5.41, 5.74) is 2.27. The van der Waals surface area contributed by atoms with Gasteiger partial charge in [-0.1, -0.05) is 0 Å². The lowest BCUT2D eigenvalue weighted by Crippen LogP contribution is -2.01. The van der Waals surface area contributed by atoms with Crippen LogP contribution in [0.5, 0.6) is 0 Å². The Labute approximate surface area is 110 Å². The predicted molar refractivity (Wildman–Crippen MR) is 71.5 cm³/mol. The van der Waals surface area contributed by atoms with Gasteiger partial charge in [-0.25, -0.2) is 13.4 Å². The molecule has 5 nitrogen and oxygen atoms in total. The average molecular weight is 273 g/mol. The Morgan fingerprint density at radius 2 is 1.84 bits per heavy atom. The Bertz CT molecular complexity index is 839. The summed E-state index contributed by atoms with van der Waals surface area (Å²) >= 11 is 0. The number of aromatic nitrogens is 3. The van der Waals surface area contributed by atoms with Crippen molar-refractivity contribution in [3.63, 3.8) is 0 Å². The van der Waals surface area contributed by atoms with Gasteiger partial charge in [-0.15, -0.1) is 0 Å². The van der Waals surface area contributed by atoms with Gasteiger partial charge >= 0.3 is 0 Å². The van der Waals surface area contributed by atoms with Crippen LogP contribution in [0.15, 0.2) is 53.9 Å². The zero-order valence-corrected chi connectivity index (χ0v) is 11.0. The summed E-state index contributed by atoms with van der Waals surface area (Å²) in [6.45, 7) is 0. The molecule has 0 aromatic carbocycles. The highest BCUT2D eigenvalue weighted by atomic mass is 32.2. The van der Waals surface area contributed by atoms with E-state index in [0.717, 1.165) is 11.3 Å². The van der Waals surface area contributed by atoms with Crippen molar-refractivity contribution in [1.29, 1.82) is 0 Å². The summed E-state index contributed by atoms with van der Waals surface area (Å²) in [4.78, 5) is 8.39. The van der Waals surface area contributed by atoms with Gasteiger partial charge in [0.25, 0.3) is 0 Å². The van der Waals surface area contributed by atoms with Crippen LogP contribution < -0.4 is 0 Å². The molecule has 0 saturated carbocycles. The van der Waals surface area contributed by atoms with E-state index in [0.29, 0.717) is 5.65 Å². The van der Waals surface area contributed by atoms with Gasteiger partial charge in [0.2, 0.25) is 0 Å². The molecule has 0 aliphatic carbocycles. The van der Waals surface area contributed by atoms with Gasteiger partial charge in [0.05, 0.1) is 10.6 Å². The molecule has 0 spiro atoms. The summed E-state index contributed by atoms with van der Waals surface area (Å²) in [5, 5.41) is 0. The van der Waals surface area contributed by atoms with Crippen LogP contribution in [0.1, 0.15) is 0 Å². The summed E-state index contributed by atoms with van der Waals surface area (Å²) in [7, 11) is -3.27. The Morgan fingerprint density at radius 1 is 1.11 bits per heavy atom. The van der Waals surface area contributed by atoms with E-state index in [9.17, 15) is 8.42 Å². The molecule has 0 aliphatic heterocycles. The summed E-state index contributed by atoms with van der Waals surface area (Å²) in [6, 6.07) is 6.89. The lowest BCUT2D eigenvalue weighted by atomic mass is 10.2. The molecule has 6 heteroatoms. The highest BCUT2D eigenvalue weighted by Crippen LogP contribution is 2.24. The minimum Gasteiger partial charge on any atom is -0.300 e. The molecule has 3 heterocycles. The molecule has 0 saturated heterocycles. The first kappa shape index (κ1) is 11.9. The quantitative estimate of drug-likeness (QED) is 0.714. The third-order valence-electron chi connectivity index (χ3n) is 2.88. The van der Waals surface area contributed by atoms with Crippen LogP contribution in [-0.4, -0.2) is 29.0 Å². The van der Waals surface area contributed by atoms with Gasteiger partial charge in [0.15, 0.2) is 9.84 Å². The fourth-order valence-electron chi connectivity index (χ4n) is 1.96. The van der Waals surface area contributed by atoms with Gasteiger partial charge in [-0.05, 0) is 18.2 Å². The molecule has 96 valence electrons. The van der Waals surface area contributed by atoms with Crippen molar-refractivity contribution in [2.45, 2.75) is 4.90 Å². The monoisotopic (exact) mass is 273 g/mol. The van der Waals surface area contributed by atoms with Crippen molar-refractivity contribution in [1.82, 2.24) is 14.4 Å². The number of sulfone groups is 1. The normalized spacial score (nSPS) is 11.8. The predicted octanol–water partition coefficient (Wildman–Crippen LogP) is 1.80. The number of hydrogen-bond donors (Lipinski definition) is 0.